The highest BCUT2D eigenvalue weighted by atomic mass is 32.2. The lowest BCUT2D eigenvalue weighted by molar-refractivity contribution is -0.113. The van der Waals surface area contributed by atoms with Crippen LogP contribution in [0.15, 0.2) is 52.4 Å². The predicted molar refractivity (Wildman–Crippen MR) is 110 cm³/mol. The first-order valence-electron chi connectivity index (χ1n) is 8.78. The number of hydrogen-bond donors (Lipinski definition) is 1. The summed E-state index contributed by atoms with van der Waals surface area (Å²) in [5, 5.41) is 0.276. The van der Waals surface area contributed by atoms with Crippen molar-refractivity contribution >= 4 is 28.9 Å². The van der Waals surface area contributed by atoms with E-state index in [0.29, 0.717) is 18.1 Å². The van der Waals surface area contributed by atoms with E-state index in [9.17, 15) is 4.79 Å². The average Bonchev–Trinajstić information content (AvgIpc) is 2.95. The summed E-state index contributed by atoms with van der Waals surface area (Å²) in [5.41, 5.74) is 8.88. The van der Waals surface area contributed by atoms with Crippen molar-refractivity contribution < 1.29 is 14.3 Å². The van der Waals surface area contributed by atoms with E-state index in [1.165, 1.54) is 22.9 Å². The van der Waals surface area contributed by atoms with Gasteiger partial charge in [0.15, 0.2) is 5.17 Å². The molecule has 1 aliphatic heterocycles. The summed E-state index contributed by atoms with van der Waals surface area (Å²) in [4.78, 5) is 15.9. The number of hydrogen-bond acceptors (Lipinski definition) is 5. The molecule has 0 aromatic heterocycles. The normalized spacial score (nSPS) is 15.1. The lowest BCUT2D eigenvalue weighted by Crippen LogP contribution is -2.09. The summed E-state index contributed by atoms with van der Waals surface area (Å²) in [6.07, 6.45) is 2.74. The van der Waals surface area contributed by atoms with Gasteiger partial charge in [0.1, 0.15) is 24.7 Å². The van der Waals surface area contributed by atoms with E-state index in [4.69, 9.17) is 15.2 Å². The zero-order valence-electron chi connectivity index (χ0n) is 15.4. The second kappa shape index (κ2) is 8.77. The zero-order chi connectivity index (χ0) is 19.2. The molecule has 0 atom stereocenters. The van der Waals surface area contributed by atoms with E-state index in [-0.39, 0.29) is 11.1 Å². The third-order valence-corrected chi connectivity index (χ3v) is 4.75. The van der Waals surface area contributed by atoms with Crippen LogP contribution in [0.2, 0.25) is 0 Å². The number of amides is 1. The van der Waals surface area contributed by atoms with Gasteiger partial charge in [-0.25, -0.2) is 0 Å². The summed E-state index contributed by atoms with van der Waals surface area (Å²) < 4.78 is 11.6. The Morgan fingerprint density at radius 3 is 2.59 bits per heavy atom. The molecular weight excluding hydrogens is 360 g/mol. The molecule has 0 unspecified atom stereocenters. The van der Waals surface area contributed by atoms with Crippen LogP contribution in [0.25, 0.3) is 6.08 Å². The Balaban J connectivity index is 1.54. The van der Waals surface area contributed by atoms with Gasteiger partial charge in [-0.1, -0.05) is 25.1 Å². The molecule has 140 valence electrons. The maximum atomic E-state index is 11.7. The van der Waals surface area contributed by atoms with Crippen LogP contribution in [0.1, 0.15) is 23.6 Å². The SMILES string of the molecule is CCc1cc(C)cc(OCCOc2cccc(/C=C3\SC(N)=NC3=O)c2)c1. The standard InChI is InChI=1S/C21H22N2O3S/c1-3-15-9-14(2)10-18(11-15)26-8-7-25-17-6-4-5-16(12-17)13-19-20(24)23-21(22)27-19/h4-6,9-13H,3,7-8H2,1-2H3,(H2,22,23,24)/b19-13-. The molecule has 0 radical (unpaired) electrons. The molecule has 5 nitrogen and oxygen atoms in total. The number of thioether (sulfide) groups is 1. The molecule has 0 saturated heterocycles. The van der Waals surface area contributed by atoms with E-state index in [1.54, 1.807) is 6.08 Å². The van der Waals surface area contributed by atoms with E-state index in [0.717, 1.165) is 23.5 Å². The predicted octanol–water partition coefficient (Wildman–Crippen LogP) is 3.94. The maximum absolute atomic E-state index is 11.7. The van der Waals surface area contributed by atoms with Crippen molar-refractivity contribution in [2.45, 2.75) is 20.3 Å². The molecule has 2 aromatic carbocycles. The van der Waals surface area contributed by atoms with Crippen LogP contribution in [-0.4, -0.2) is 24.3 Å². The Morgan fingerprint density at radius 1 is 1.11 bits per heavy atom. The van der Waals surface area contributed by atoms with Gasteiger partial charge in [-0.05, 0) is 72.1 Å². The molecule has 3 rings (SSSR count). The van der Waals surface area contributed by atoms with Crippen LogP contribution in [0, 0.1) is 6.92 Å². The molecule has 0 saturated carbocycles. The maximum Gasteiger partial charge on any atom is 0.286 e. The van der Waals surface area contributed by atoms with E-state index < -0.39 is 0 Å². The Morgan fingerprint density at radius 2 is 1.89 bits per heavy atom. The average molecular weight is 382 g/mol. The van der Waals surface area contributed by atoms with Crippen LogP contribution in [0.4, 0.5) is 0 Å². The minimum atomic E-state index is -0.304. The second-order valence-corrected chi connectivity index (χ2v) is 7.21. The number of amidine groups is 1. The molecule has 2 aromatic rings. The fraction of sp³-hybridized carbons (Fsp3) is 0.238. The number of carbonyl (C=O) groups is 1. The molecule has 1 amide bonds. The van der Waals surface area contributed by atoms with Gasteiger partial charge in [0.25, 0.3) is 5.91 Å². The minimum absolute atomic E-state index is 0.276. The van der Waals surface area contributed by atoms with Crippen molar-refractivity contribution in [2.24, 2.45) is 10.7 Å². The monoisotopic (exact) mass is 382 g/mol. The van der Waals surface area contributed by atoms with Crippen molar-refractivity contribution in [3.63, 3.8) is 0 Å². The number of nitrogens with zero attached hydrogens (tertiary/aromatic N) is 1. The summed E-state index contributed by atoms with van der Waals surface area (Å²) in [7, 11) is 0. The molecule has 2 N–H and O–H groups in total. The number of aliphatic imine (C=N–C) groups is 1. The summed E-state index contributed by atoms with van der Waals surface area (Å²) in [6.45, 7) is 5.08. The van der Waals surface area contributed by atoms with Crippen molar-refractivity contribution in [3.05, 3.63) is 64.1 Å². The lowest BCUT2D eigenvalue weighted by atomic mass is 10.1. The largest absolute Gasteiger partial charge is 0.490 e. The highest BCUT2D eigenvalue weighted by Crippen LogP contribution is 2.27. The molecule has 6 heteroatoms. The minimum Gasteiger partial charge on any atom is -0.490 e. The molecule has 0 bridgehead atoms. The van der Waals surface area contributed by atoms with Gasteiger partial charge in [0.05, 0.1) is 4.91 Å². The molecule has 0 aliphatic carbocycles. The van der Waals surface area contributed by atoms with Gasteiger partial charge in [-0.15, -0.1) is 0 Å². The molecule has 1 aliphatic rings. The molecular formula is C21H22N2O3S. The van der Waals surface area contributed by atoms with E-state index in [2.05, 4.69) is 31.0 Å². The molecule has 0 fully saturated rings. The van der Waals surface area contributed by atoms with Crippen LogP contribution < -0.4 is 15.2 Å². The number of carbonyl (C=O) groups excluding carboxylic acids is 1. The summed E-state index contributed by atoms with van der Waals surface area (Å²) >= 11 is 1.18. The first-order valence-corrected chi connectivity index (χ1v) is 9.59. The lowest BCUT2D eigenvalue weighted by Gasteiger charge is -2.10. The second-order valence-electron chi connectivity index (χ2n) is 6.14. The van der Waals surface area contributed by atoms with Crippen molar-refractivity contribution in [1.29, 1.82) is 0 Å². The highest BCUT2D eigenvalue weighted by molar-refractivity contribution is 8.18. The van der Waals surface area contributed by atoms with Crippen molar-refractivity contribution in [1.82, 2.24) is 0 Å². The Kier molecular flexibility index (Phi) is 6.19. The van der Waals surface area contributed by atoms with Crippen LogP contribution in [0.3, 0.4) is 0 Å². The van der Waals surface area contributed by atoms with E-state index in [1.807, 2.05) is 30.3 Å². The fourth-order valence-corrected chi connectivity index (χ4v) is 3.38. The number of aryl methyl sites for hydroxylation is 2. The van der Waals surface area contributed by atoms with Crippen LogP contribution in [0.5, 0.6) is 11.5 Å². The smallest absolute Gasteiger partial charge is 0.286 e. The molecule has 0 spiro atoms. The highest BCUT2D eigenvalue weighted by Gasteiger charge is 2.19. The van der Waals surface area contributed by atoms with Crippen molar-refractivity contribution in [2.75, 3.05) is 13.2 Å². The topological polar surface area (TPSA) is 73.9 Å². The Bertz CT molecular complexity index is 906. The zero-order valence-corrected chi connectivity index (χ0v) is 16.2. The molecule has 27 heavy (non-hydrogen) atoms. The third-order valence-electron chi connectivity index (χ3n) is 3.93. The number of nitrogens with two attached hydrogens (primary N) is 1. The first-order chi connectivity index (χ1) is 13.0. The number of benzene rings is 2. The van der Waals surface area contributed by atoms with Gasteiger partial charge < -0.3 is 15.2 Å². The quantitative estimate of drug-likeness (QED) is 0.580. The van der Waals surface area contributed by atoms with Gasteiger partial charge in [0, 0.05) is 0 Å². The van der Waals surface area contributed by atoms with E-state index >= 15 is 0 Å². The molecule has 1 heterocycles. The van der Waals surface area contributed by atoms with Crippen molar-refractivity contribution in [3.8, 4) is 11.5 Å². The Hall–Kier alpha value is -2.73. The fourth-order valence-electron chi connectivity index (χ4n) is 2.70. The Labute approximate surface area is 163 Å². The van der Waals surface area contributed by atoms with Gasteiger partial charge in [-0.2, -0.15) is 4.99 Å². The third kappa shape index (κ3) is 5.37. The number of ether oxygens (including phenoxy) is 2. The van der Waals surface area contributed by atoms with Crippen LogP contribution >= 0.6 is 11.8 Å². The van der Waals surface area contributed by atoms with Gasteiger partial charge in [-0.3, -0.25) is 4.79 Å². The summed E-state index contributed by atoms with van der Waals surface area (Å²) in [5.74, 6) is 1.28. The van der Waals surface area contributed by atoms with Gasteiger partial charge >= 0.3 is 0 Å². The van der Waals surface area contributed by atoms with Crippen LogP contribution in [-0.2, 0) is 11.2 Å². The number of rotatable bonds is 7. The first kappa shape index (κ1) is 19.0. The van der Waals surface area contributed by atoms with Gasteiger partial charge in [0.2, 0.25) is 0 Å². The summed E-state index contributed by atoms with van der Waals surface area (Å²) in [6, 6.07) is 13.8.